The van der Waals surface area contributed by atoms with E-state index in [2.05, 4.69) is 340 Å². The van der Waals surface area contributed by atoms with E-state index in [-0.39, 0.29) is 0 Å². The molecule has 0 spiro atoms. The first-order chi connectivity index (χ1) is 48.6. The molecule has 6 nitrogen and oxygen atoms in total. The summed E-state index contributed by atoms with van der Waals surface area (Å²) in [6.07, 6.45) is 0. The van der Waals surface area contributed by atoms with E-state index >= 15 is 0 Å². The molecule has 18 rings (SSSR count). The molecule has 14 aromatic carbocycles. The lowest BCUT2D eigenvalue weighted by Crippen LogP contribution is -2.29. The average molecular weight is 1250 g/mol. The van der Waals surface area contributed by atoms with Crippen LogP contribution in [0.5, 0.6) is 0 Å². The summed E-state index contributed by atoms with van der Waals surface area (Å²) in [6.45, 7) is 0. The van der Waals surface area contributed by atoms with Crippen molar-refractivity contribution in [2.45, 2.75) is 10.8 Å². The van der Waals surface area contributed by atoms with Crippen LogP contribution in [0.2, 0.25) is 0 Å². The molecule has 0 fully saturated rings. The zero-order chi connectivity index (χ0) is 65.0. The van der Waals surface area contributed by atoms with E-state index in [4.69, 9.17) is 29.9 Å². The van der Waals surface area contributed by atoms with E-state index in [1.54, 1.807) is 0 Å². The van der Waals surface area contributed by atoms with E-state index < -0.39 is 10.8 Å². The van der Waals surface area contributed by atoms with Crippen LogP contribution in [0.25, 0.3) is 124 Å². The fourth-order valence-corrected chi connectivity index (χ4v) is 15.4. The van der Waals surface area contributed by atoms with Crippen molar-refractivity contribution in [2.75, 3.05) is 0 Å². The molecule has 16 aromatic rings. The third kappa shape index (κ3) is 9.64. The van der Waals surface area contributed by atoms with Gasteiger partial charge in [0.1, 0.15) is 0 Å². The maximum Gasteiger partial charge on any atom is 0.164 e. The third-order valence-electron chi connectivity index (χ3n) is 19.8. The van der Waals surface area contributed by atoms with Crippen molar-refractivity contribution in [1.82, 2.24) is 29.9 Å². The number of hydrogen-bond acceptors (Lipinski definition) is 6. The zero-order valence-electron chi connectivity index (χ0n) is 53.3. The van der Waals surface area contributed by atoms with Gasteiger partial charge in [0.05, 0.1) is 10.8 Å². The molecule has 0 bridgehead atoms. The fourth-order valence-electron chi connectivity index (χ4n) is 15.4. The highest BCUT2D eigenvalue weighted by atomic mass is 15.0. The summed E-state index contributed by atoms with van der Waals surface area (Å²) < 4.78 is 0. The van der Waals surface area contributed by atoms with Gasteiger partial charge in [-0.05, 0) is 106 Å². The normalized spacial score (nSPS) is 12.9. The van der Waals surface area contributed by atoms with Crippen LogP contribution in [0.15, 0.2) is 364 Å². The highest BCUT2D eigenvalue weighted by molar-refractivity contribution is 5.94. The van der Waals surface area contributed by atoms with Crippen LogP contribution >= 0.6 is 0 Å². The van der Waals surface area contributed by atoms with Gasteiger partial charge in [0, 0.05) is 33.4 Å². The minimum absolute atomic E-state index is 0.586. The molecule has 2 aliphatic rings. The lowest BCUT2D eigenvalue weighted by atomic mass is 9.66. The first kappa shape index (κ1) is 57.7. The maximum atomic E-state index is 5.50. The molecule has 0 aliphatic heterocycles. The Labute approximate surface area is 569 Å². The third-order valence-corrected chi connectivity index (χ3v) is 19.8. The van der Waals surface area contributed by atoms with Crippen molar-refractivity contribution in [3.8, 4) is 124 Å². The molecule has 2 aromatic heterocycles. The number of benzene rings is 14. The van der Waals surface area contributed by atoms with E-state index in [1.165, 1.54) is 44.5 Å². The molecule has 0 unspecified atom stereocenters. The minimum Gasteiger partial charge on any atom is -0.208 e. The predicted octanol–water partition coefficient (Wildman–Crippen LogP) is 21.8. The van der Waals surface area contributed by atoms with Crippen molar-refractivity contribution >= 4 is 0 Å². The molecule has 2 heterocycles. The van der Waals surface area contributed by atoms with Gasteiger partial charge < -0.3 is 0 Å². The number of fused-ring (bicyclic) bond motifs is 6. The summed E-state index contributed by atoms with van der Waals surface area (Å²) >= 11 is 0. The van der Waals surface area contributed by atoms with Crippen LogP contribution in [0.1, 0.15) is 44.5 Å². The Bertz CT molecular complexity index is 5550. The lowest BCUT2D eigenvalue weighted by Gasteiger charge is -2.35. The Hall–Kier alpha value is -12.9. The predicted molar refractivity (Wildman–Crippen MR) is 397 cm³/mol. The molecular formula is C92H60N6. The van der Waals surface area contributed by atoms with Crippen LogP contribution < -0.4 is 0 Å². The summed E-state index contributed by atoms with van der Waals surface area (Å²) in [5.74, 6) is 3.60. The van der Waals surface area contributed by atoms with Gasteiger partial charge in [0.2, 0.25) is 0 Å². The molecule has 0 radical (unpaired) electrons. The second-order valence-electron chi connectivity index (χ2n) is 25.2. The van der Waals surface area contributed by atoms with Crippen LogP contribution in [0, 0.1) is 0 Å². The Kier molecular flexibility index (Phi) is 14.2. The Morgan fingerprint density at radius 1 is 0.153 bits per heavy atom. The summed E-state index contributed by atoms with van der Waals surface area (Å²) in [5.41, 5.74) is 24.9. The highest BCUT2D eigenvalue weighted by Crippen LogP contribution is 2.60. The Morgan fingerprint density at radius 3 is 0.735 bits per heavy atom. The zero-order valence-corrected chi connectivity index (χ0v) is 53.3. The molecule has 458 valence electrons. The molecule has 0 atom stereocenters. The van der Waals surface area contributed by atoms with E-state index in [0.29, 0.717) is 34.9 Å². The standard InChI is InChI=1S/C92H60N6/c1-7-26-61(27-8-1)62-48-54-66(55-49-62)87-94-88(98-90(97-87)80-45-25-43-78-76-41-20-22-47-82(76)92(84(78)80,73-36-15-5-16-37-73)74-38-17-6-18-39-74)68-58-52-64(53-59-68)70-31-23-30-69(60-70)63-50-56-67(57-51-63)86-93-85(65-28-9-2-10-29-65)95-89(96-86)79-44-24-42-77-75-40-19-21-46-81(75)91(83(77)79,71-32-11-3-12-33-71)72-34-13-4-14-35-72/h1-60H. The highest BCUT2D eigenvalue weighted by Gasteiger charge is 2.49. The van der Waals surface area contributed by atoms with Gasteiger partial charge in [0.15, 0.2) is 34.9 Å². The van der Waals surface area contributed by atoms with Crippen molar-refractivity contribution in [3.05, 3.63) is 408 Å². The lowest BCUT2D eigenvalue weighted by molar-refractivity contribution is 0.769. The topological polar surface area (TPSA) is 77.3 Å². The van der Waals surface area contributed by atoms with Crippen molar-refractivity contribution in [3.63, 3.8) is 0 Å². The molecule has 6 heteroatoms. The van der Waals surface area contributed by atoms with Crippen LogP contribution in [-0.2, 0) is 10.8 Å². The molecule has 0 saturated heterocycles. The average Bonchev–Trinajstić information content (AvgIpc) is 1.54. The second-order valence-corrected chi connectivity index (χ2v) is 25.2. The number of nitrogens with zero attached hydrogens (tertiary/aromatic N) is 6. The molecule has 0 saturated carbocycles. The maximum absolute atomic E-state index is 5.50. The summed E-state index contributed by atoms with van der Waals surface area (Å²) in [4.78, 5) is 32.3. The molecule has 0 N–H and O–H groups in total. The van der Waals surface area contributed by atoms with Gasteiger partial charge in [-0.3, -0.25) is 0 Å². The first-order valence-corrected chi connectivity index (χ1v) is 33.3. The molecule has 98 heavy (non-hydrogen) atoms. The Morgan fingerprint density at radius 2 is 0.378 bits per heavy atom. The van der Waals surface area contributed by atoms with Gasteiger partial charge in [-0.1, -0.05) is 358 Å². The summed E-state index contributed by atoms with van der Waals surface area (Å²) in [6, 6.07) is 130. The van der Waals surface area contributed by atoms with Gasteiger partial charge in [-0.25, -0.2) is 29.9 Å². The summed E-state index contributed by atoms with van der Waals surface area (Å²) in [5, 5.41) is 0. The smallest absolute Gasteiger partial charge is 0.164 e. The van der Waals surface area contributed by atoms with Gasteiger partial charge >= 0.3 is 0 Å². The van der Waals surface area contributed by atoms with Crippen LogP contribution in [0.3, 0.4) is 0 Å². The van der Waals surface area contributed by atoms with E-state index in [1.807, 2.05) is 24.3 Å². The van der Waals surface area contributed by atoms with Crippen molar-refractivity contribution in [1.29, 1.82) is 0 Å². The first-order valence-electron chi connectivity index (χ1n) is 33.3. The Balaban J connectivity index is 0.710. The van der Waals surface area contributed by atoms with Gasteiger partial charge in [-0.2, -0.15) is 0 Å². The van der Waals surface area contributed by atoms with Crippen LogP contribution in [-0.4, -0.2) is 29.9 Å². The number of rotatable bonds is 13. The minimum atomic E-state index is -0.670. The van der Waals surface area contributed by atoms with E-state index in [9.17, 15) is 0 Å². The van der Waals surface area contributed by atoms with Crippen molar-refractivity contribution in [2.24, 2.45) is 0 Å². The SMILES string of the molecule is c1ccc(-c2ccc(-c3nc(-c4ccc(-c5cccc(-c6ccc(-c7nc(-c8ccccc8)nc(-c8cccc9c8C(c8ccccc8)(c8ccccc8)c8ccccc8-9)n7)cc6)c5)cc4)nc(-c4cccc5c4C(c4ccccc4)(c4ccccc4)c4ccccc4-5)n3)cc2)cc1. The van der Waals surface area contributed by atoms with Gasteiger partial charge in [0.25, 0.3) is 0 Å². The van der Waals surface area contributed by atoms with Gasteiger partial charge in [-0.15, -0.1) is 0 Å². The fraction of sp³-hybridized carbons (Fsp3) is 0.0217. The second kappa shape index (κ2) is 24.1. The molecule has 0 amide bonds. The monoisotopic (exact) mass is 1250 g/mol. The van der Waals surface area contributed by atoms with Crippen LogP contribution in [0.4, 0.5) is 0 Å². The van der Waals surface area contributed by atoms with E-state index in [0.717, 1.165) is 89.0 Å². The number of aromatic nitrogens is 6. The largest absolute Gasteiger partial charge is 0.208 e. The van der Waals surface area contributed by atoms with Crippen molar-refractivity contribution < 1.29 is 0 Å². The molecule has 2 aliphatic carbocycles. The molecular weight excluding hydrogens is 1190 g/mol. The quantitative estimate of drug-likeness (QED) is 0.114. The number of hydrogen-bond donors (Lipinski definition) is 0. The summed E-state index contributed by atoms with van der Waals surface area (Å²) in [7, 11) is 0.